The zero-order valence-corrected chi connectivity index (χ0v) is 17.8. The molecule has 0 spiro atoms. The lowest BCUT2D eigenvalue weighted by Crippen LogP contribution is -2.50. The summed E-state index contributed by atoms with van der Waals surface area (Å²) in [5.74, 6) is 2.13. The van der Waals surface area contributed by atoms with Crippen LogP contribution in [-0.4, -0.2) is 60.9 Å². The number of amides is 1. The molecule has 0 bridgehead atoms. The van der Waals surface area contributed by atoms with Gasteiger partial charge in [-0.05, 0) is 36.8 Å². The van der Waals surface area contributed by atoms with E-state index in [2.05, 4.69) is 34.2 Å². The molecule has 0 N–H and O–H groups in total. The fourth-order valence-electron chi connectivity index (χ4n) is 3.61. The molecular weight excluding hydrogens is 392 g/mol. The fourth-order valence-corrected chi connectivity index (χ4v) is 3.61. The molecule has 1 aliphatic heterocycles. The van der Waals surface area contributed by atoms with Gasteiger partial charge in [0.2, 0.25) is 0 Å². The van der Waals surface area contributed by atoms with E-state index in [0.717, 1.165) is 17.1 Å². The van der Waals surface area contributed by atoms with Crippen molar-refractivity contribution < 1.29 is 14.3 Å². The smallest absolute Gasteiger partial charge is 0.260 e. The monoisotopic (exact) mass is 418 g/mol. The fraction of sp³-hybridized carbons (Fsp3) is 0.292. The maximum Gasteiger partial charge on any atom is 0.260 e. The van der Waals surface area contributed by atoms with E-state index in [0.29, 0.717) is 37.7 Å². The molecule has 1 aromatic heterocycles. The molecule has 7 heteroatoms. The van der Waals surface area contributed by atoms with Crippen LogP contribution in [0.15, 0.2) is 60.7 Å². The van der Waals surface area contributed by atoms with Crippen LogP contribution in [0.2, 0.25) is 0 Å². The van der Waals surface area contributed by atoms with E-state index >= 15 is 0 Å². The Bertz CT molecular complexity index is 1030. The number of ether oxygens (including phenoxy) is 2. The first-order chi connectivity index (χ1) is 15.1. The van der Waals surface area contributed by atoms with E-state index in [1.165, 1.54) is 5.56 Å². The number of carbonyl (C=O) groups excluding carboxylic acids is 1. The highest BCUT2D eigenvalue weighted by Crippen LogP contribution is 2.22. The van der Waals surface area contributed by atoms with Crippen LogP contribution in [0, 0.1) is 6.92 Å². The minimum atomic E-state index is -0.0246. The van der Waals surface area contributed by atoms with Gasteiger partial charge in [-0.15, -0.1) is 10.2 Å². The van der Waals surface area contributed by atoms with Gasteiger partial charge in [0.1, 0.15) is 11.5 Å². The summed E-state index contributed by atoms with van der Waals surface area (Å²) in [5.41, 5.74) is 3.13. The van der Waals surface area contributed by atoms with E-state index in [9.17, 15) is 4.79 Å². The molecule has 4 rings (SSSR count). The molecule has 0 aliphatic carbocycles. The Morgan fingerprint density at radius 1 is 0.935 bits per heavy atom. The van der Waals surface area contributed by atoms with Crippen molar-refractivity contribution in [3.05, 3.63) is 66.2 Å². The van der Waals surface area contributed by atoms with Crippen molar-refractivity contribution in [1.82, 2.24) is 15.1 Å². The largest absolute Gasteiger partial charge is 0.497 e. The van der Waals surface area contributed by atoms with Gasteiger partial charge < -0.3 is 19.3 Å². The van der Waals surface area contributed by atoms with Gasteiger partial charge in [-0.25, -0.2) is 0 Å². The molecule has 0 unspecified atom stereocenters. The lowest BCUT2D eigenvalue weighted by molar-refractivity contribution is -0.133. The van der Waals surface area contributed by atoms with Gasteiger partial charge in [-0.3, -0.25) is 4.79 Å². The summed E-state index contributed by atoms with van der Waals surface area (Å²) in [6.45, 7) is 4.76. The topological polar surface area (TPSA) is 67.8 Å². The summed E-state index contributed by atoms with van der Waals surface area (Å²) in [6, 6.07) is 19.4. The highest BCUT2D eigenvalue weighted by molar-refractivity contribution is 5.78. The van der Waals surface area contributed by atoms with E-state index in [1.54, 1.807) is 13.2 Å². The number of aryl methyl sites for hydroxylation is 1. The van der Waals surface area contributed by atoms with Crippen LogP contribution < -0.4 is 14.4 Å². The number of aromatic nitrogens is 2. The molecule has 0 atom stereocenters. The zero-order valence-electron chi connectivity index (χ0n) is 17.8. The zero-order chi connectivity index (χ0) is 21.6. The van der Waals surface area contributed by atoms with Crippen LogP contribution in [0.25, 0.3) is 11.3 Å². The van der Waals surface area contributed by atoms with E-state index in [4.69, 9.17) is 9.47 Å². The normalized spacial score (nSPS) is 13.7. The van der Waals surface area contributed by atoms with Gasteiger partial charge in [0.25, 0.3) is 5.91 Å². The number of anilines is 1. The Morgan fingerprint density at radius 2 is 1.71 bits per heavy atom. The number of nitrogens with zero attached hydrogens (tertiary/aromatic N) is 4. The summed E-state index contributed by atoms with van der Waals surface area (Å²) < 4.78 is 10.8. The number of carbonyl (C=O) groups is 1. The molecule has 0 saturated carbocycles. The molecule has 31 heavy (non-hydrogen) atoms. The SMILES string of the molecule is COc1cccc(OCC(=O)N2CCN(c3ccc(-c4ccccc4C)nn3)CC2)c1. The van der Waals surface area contributed by atoms with Crippen molar-refractivity contribution in [2.75, 3.05) is 44.8 Å². The average molecular weight is 418 g/mol. The Morgan fingerprint density at radius 3 is 2.42 bits per heavy atom. The van der Waals surface area contributed by atoms with E-state index in [1.807, 2.05) is 47.4 Å². The molecule has 1 amide bonds. The van der Waals surface area contributed by atoms with Gasteiger partial charge >= 0.3 is 0 Å². The van der Waals surface area contributed by atoms with Crippen LogP contribution in [0.5, 0.6) is 11.5 Å². The molecule has 2 heterocycles. The molecule has 0 radical (unpaired) electrons. The van der Waals surface area contributed by atoms with Crippen LogP contribution in [0.4, 0.5) is 5.82 Å². The van der Waals surface area contributed by atoms with Crippen LogP contribution in [0.3, 0.4) is 0 Å². The number of hydrogen-bond acceptors (Lipinski definition) is 6. The summed E-state index contributed by atoms with van der Waals surface area (Å²) in [5, 5.41) is 8.83. The lowest BCUT2D eigenvalue weighted by Gasteiger charge is -2.35. The molecule has 1 fully saturated rings. The maximum absolute atomic E-state index is 12.5. The van der Waals surface area contributed by atoms with Crippen LogP contribution in [0.1, 0.15) is 5.56 Å². The Kier molecular flexibility index (Phi) is 6.31. The molecule has 1 saturated heterocycles. The lowest BCUT2D eigenvalue weighted by atomic mass is 10.1. The third-order valence-electron chi connectivity index (χ3n) is 5.43. The molecule has 3 aromatic rings. The number of benzene rings is 2. The number of methoxy groups -OCH3 is 1. The van der Waals surface area contributed by atoms with Gasteiger partial charge in [0.15, 0.2) is 12.4 Å². The quantitative estimate of drug-likeness (QED) is 0.613. The predicted molar refractivity (Wildman–Crippen MR) is 119 cm³/mol. The van der Waals surface area contributed by atoms with Gasteiger partial charge in [-0.2, -0.15) is 0 Å². The van der Waals surface area contributed by atoms with E-state index in [-0.39, 0.29) is 12.5 Å². The molecule has 7 nitrogen and oxygen atoms in total. The third kappa shape index (κ3) is 4.94. The second kappa shape index (κ2) is 9.47. The minimum absolute atomic E-state index is 0.0120. The Labute approximate surface area is 182 Å². The predicted octanol–water partition coefficient (Wildman–Crippen LogP) is 3.19. The summed E-state index contributed by atoms with van der Waals surface area (Å²) in [6.07, 6.45) is 0. The summed E-state index contributed by atoms with van der Waals surface area (Å²) in [4.78, 5) is 16.5. The first kappa shape index (κ1) is 20.7. The third-order valence-corrected chi connectivity index (χ3v) is 5.43. The Hall–Kier alpha value is -3.61. The average Bonchev–Trinajstić information content (AvgIpc) is 2.83. The molecular formula is C24H26N4O3. The number of rotatable bonds is 6. The second-order valence-corrected chi connectivity index (χ2v) is 7.43. The highest BCUT2D eigenvalue weighted by Gasteiger charge is 2.22. The van der Waals surface area contributed by atoms with Crippen molar-refractivity contribution >= 4 is 11.7 Å². The second-order valence-electron chi connectivity index (χ2n) is 7.43. The summed E-state index contributed by atoms with van der Waals surface area (Å²) in [7, 11) is 1.60. The van der Waals surface area contributed by atoms with Crippen molar-refractivity contribution in [1.29, 1.82) is 0 Å². The van der Waals surface area contributed by atoms with Crippen molar-refractivity contribution in [3.8, 4) is 22.8 Å². The van der Waals surface area contributed by atoms with Crippen LogP contribution >= 0.6 is 0 Å². The molecule has 2 aromatic carbocycles. The standard InChI is InChI=1S/C24H26N4O3/c1-18-6-3-4-9-21(18)22-10-11-23(26-25-22)27-12-14-28(15-13-27)24(29)17-31-20-8-5-7-19(16-20)30-2/h3-11,16H,12-15,17H2,1-2H3. The van der Waals surface area contributed by atoms with E-state index < -0.39 is 0 Å². The minimum Gasteiger partial charge on any atom is -0.497 e. The Balaban J connectivity index is 1.30. The number of piperazine rings is 1. The maximum atomic E-state index is 12.5. The first-order valence-corrected chi connectivity index (χ1v) is 10.3. The van der Waals surface area contributed by atoms with Crippen molar-refractivity contribution in [3.63, 3.8) is 0 Å². The van der Waals surface area contributed by atoms with Crippen molar-refractivity contribution in [2.24, 2.45) is 0 Å². The van der Waals surface area contributed by atoms with Crippen molar-refractivity contribution in [2.45, 2.75) is 6.92 Å². The van der Waals surface area contributed by atoms with Gasteiger partial charge in [0, 0.05) is 37.8 Å². The number of hydrogen-bond donors (Lipinski definition) is 0. The van der Waals surface area contributed by atoms with Crippen LogP contribution in [-0.2, 0) is 4.79 Å². The molecule has 1 aliphatic rings. The summed E-state index contributed by atoms with van der Waals surface area (Å²) >= 11 is 0. The van der Waals surface area contributed by atoms with Gasteiger partial charge in [0.05, 0.1) is 12.8 Å². The van der Waals surface area contributed by atoms with Gasteiger partial charge in [-0.1, -0.05) is 30.3 Å². The first-order valence-electron chi connectivity index (χ1n) is 10.3. The molecule has 160 valence electrons. The highest BCUT2D eigenvalue weighted by atomic mass is 16.5.